The van der Waals surface area contributed by atoms with Crippen LogP contribution in [0.4, 0.5) is 0 Å². The zero-order valence-electron chi connectivity index (χ0n) is 5.47. The summed E-state index contributed by atoms with van der Waals surface area (Å²) in [6.45, 7) is 0.0174. The molecule has 0 aliphatic rings. The van der Waals surface area contributed by atoms with Crippen LogP contribution in [0.25, 0.3) is 0 Å². The van der Waals surface area contributed by atoms with Crippen molar-refractivity contribution in [2.45, 2.75) is 6.61 Å². The van der Waals surface area contributed by atoms with Gasteiger partial charge in [-0.25, -0.2) is 4.98 Å². The number of H-pyrrole nitrogens is 1. The summed E-state index contributed by atoms with van der Waals surface area (Å²) in [4.78, 5) is 14.8. The van der Waals surface area contributed by atoms with E-state index in [0.717, 1.165) is 0 Å². The Hall–Kier alpha value is -1.63. The van der Waals surface area contributed by atoms with Crippen molar-refractivity contribution in [1.82, 2.24) is 9.97 Å². The molecule has 1 aromatic rings. The number of nitrogens with zero attached hydrogens (tertiary/aromatic N) is 2. The van der Waals surface area contributed by atoms with Crippen LogP contribution in [-0.4, -0.2) is 25.4 Å². The van der Waals surface area contributed by atoms with Gasteiger partial charge in [0.15, 0.2) is 0 Å². The summed E-state index contributed by atoms with van der Waals surface area (Å²) in [6, 6.07) is 0. The van der Waals surface area contributed by atoms with Crippen LogP contribution in [0.5, 0.6) is 0 Å². The first-order valence-corrected chi connectivity index (χ1v) is 2.58. The zero-order valence-corrected chi connectivity index (χ0v) is 5.47. The Morgan fingerprint density at radius 1 is 1.82 bits per heavy atom. The van der Waals surface area contributed by atoms with Crippen LogP contribution in [0, 0.1) is 10.1 Å². The van der Waals surface area contributed by atoms with Crippen molar-refractivity contribution in [3.8, 4) is 0 Å². The summed E-state index contributed by atoms with van der Waals surface area (Å²) >= 11 is 0. The third-order valence-electron chi connectivity index (χ3n) is 0.717. The molecule has 1 rings (SSSR count). The molecule has 1 heterocycles. The SMILES string of the molecule is O=[N+]([O-])O.OCc1c[nH]cn1. The van der Waals surface area contributed by atoms with E-state index < -0.39 is 5.09 Å². The van der Waals surface area contributed by atoms with E-state index in [0.29, 0.717) is 5.69 Å². The van der Waals surface area contributed by atoms with Crippen LogP contribution in [-0.2, 0) is 6.61 Å². The van der Waals surface area contributed by atoms with Crippen molar-refractivity contribution < 1.29 is 15.4 Å². The molecule has 0 unspecified atom stereocenters. The first kappa shape index (κ1) is 9.37. The number of aromatic amines is 1. The summed E-state index contributed by atoms with van der Waals surface area (Å²) in [5, 5.41) is 22.0. The second-order valence-electron chi connectivity index (χ2n) is 1.46. The quantitative estimate of drug-likeness (QED) is 0.381. The monoisotopic (exact) mass is 161 g/mol. The molecule has 0 fully saturated rings. The zero-order chi connectivity index (χ0) is 8.69. The Bertz CT molecular complexity index is 193. The van der Waals surface area contributed by atoms with E-state index in [9.17, 15) is 0 Å². The predicted molar refractivity (Wildman–Crippen MR) is 33.3 cm³/mol. The Balaban J connectivity index is 0.000000218. The molecule has 0 spiro atoms. The standard InChI is InChI=1S/C4H6N2O.HNO3/c7-2-4-1-5-3-6-4;2-1(3)4/h1,3,7H,2H2,(H,5,6);(H,2,3,4). The first-order valence-electron chi connectivity index (χ1n) is 2.58. The average molecular weight is 161 g/mol. The molecule has 0 atom stereocenters. The van der Waals surface area contributed by atoms with Crippen molar-refractivity contribution in [3.05, 3.63) is 28.3 Å². The number of imidazole rings is 1. The summed E-state index contributed by atoms with van der Waals surface area (Å²) < 4.78 is 0. The molecule has 11 heavy (non-hydrogen) atoms. The summed E-state index contributed by atoms with van der Waals surface area (Å²) in [5.41, 5.74) is 0.681. The molecule has 7 heteroatoms. The predicted octanol–water partition coefficient (Wildman–Crippen LogP) is -0.446. The lowest BCUT2D eigenvalue weighted by Gasteiger charge is -1.77. The van der Waals surface area contributed by atoms with E-state index in [1.165, 1.54) is 6.33 Å². The Morgan fingerprint density at radius 3 is 2.55 bits per heavy atom. The van der Waals surface area contributed by atoms with Gasteiger partial charge in [-0.2, -0.15) is 0 Å². The van der Waals surface area contributed by atoms with Crippen LogP contribution in [0.2, 0.25) is 0 Å². The second-order valence-corrected chi connectivity index (χ2v) is 1.46. The Morgan fingerprint density at radius 2 is 2.36 bits per heavy atom. The number of nitrogens with one attached hydrogen (secondary N) is 1. The highest BCUT2D eigenvalue weighted by molar-refractivity contribution is 4.90. The molecule has 0 radical (unpaired) electrons. The molecular weight excluding hydrogens is 154 g/mol. The molecule has 0 aliphatic carbocycles. The van der Waals surface area contributed by atoms with Crippen LogP contribution < -0.4 is 0 Å². The van der Waals surface area contributed by atoms with Crippen molar-refractivity contribution in [1.29, 1.82) is 0 Å². The fraction of sp³-hybridized carbons (Fsp3) is 0.250. The normalized spacial score (nSPS) is 8.09. The molecule has 0 aliphatic heterocycles. The molecule has 1 aromatic heterocycles. The lowest BCUT2D eigenvalue weighted by atomic mass is 10.5. The van der Waals surface area contributed by atoms with Crippen LogP contribution in [0.3, 0.4) is 0 Å². The molecule has 3 N–H and O–H groups in total. The highest BCUT2D eigenvalue weighted by atomic mass is 16.9. The maximum atomic E-state index is 8.36. The number of hydrogen-bond acceptors (Lipinski definition) is 4. The van der Waals surface area contributed by atoms with Gasteiger partial charge in [-0.05, 0) is 0 Å². The Labute approximate surface area is 61.4 Å². The van der Waals surface area contributed by atoms with Gasteiger partial charge in [0.1, 0.15) is 0 Å². The fourth-order valence-corrected chi connectivity index (χ4v) is 0.377. The van der Waals surface area contributed by atoms with Gasteiger partial charge < -0.3 is 15.3 Å². The second kappa shape index (κ2) is 5.18. The van der Waals surface area contributed by atoms with Gasteiger partial charge in [-0.3, -0.25) is 0 Å². The van der Waals surface area contributed by atoms with Gasteiger partial charge in [0.25, 0.3) is 5.09 Å². The molecule has 62 valence electrons. The van der Waals surface area contributed by atoms with E-state index >= 15 is 0 Å². The highest BCUT2D eigenvalue weighted by Gasteiger charge is 1.84. The summed E-state index contributed by atoms with van der Waals surface area (Å²) in [6.07, 6.45) is 3.19. The summed E-state index contributed by atoms with van der Waals surface area (Å²) in [7, 11) is 0. The lowest BCUT2D eigenvalue weighted by Crippen LogP contribution is -1.81. The number of aliphatic hydroxyl groups is 1. The molecule has 0 aromatic carbocycles. The molecule has 0 amide bonds. The molecule has 0 saturated carbocycles. The molecule has 7 nitrogen and oxygen atoms in total. The smallest absolute Gasteiger partial charge is 0.291 e. The summed E-state index contributed by atoms with van der Waals surface area (Å²) in [5.74, 6) is 0. The van der Waals surface area contributed by atoms with Crippen molar-refractivity contribution in [2.24, 2.45) is 0 Å². The largest absolute Gasteiger partial charge is 0.390 e. The molecule has 0 bridgehead atoms. The number of hydrogen-bond donors (Lipinski definition) is 3. The van der Waals surface area contributed by atoms with Crippen molar-refractivity contribution in [2.75, 3.05) is 0 Å². The molecule has 0 saturated heterocycles. The maximum Gasteiger partial charge on any atom is 0.291 e. The van der Waals surface area contributed by atoms with Crippen LogP contribution >= 0.6 is 0 Å². The van der Waals surface area contributed by atoms with Gasteiger partial charge in [-0.15, -0.1) is 10.1 Å². The number of aliphatic hydroxyl groups excluding tert-OH is 1. The average Bonchev–Trinajstić information content (AvgIpc) is 2.36. The number of rotatable bonds is 1. The third kappa shape index (κ3) is 6.25. The van der Waals surface area contributed by atoms with Crippen LogP contribution in [0.1, 0.15) is 5.69 Å². The van der Waals surface area contributed by atoms with Gasteiger partial charge in [0.05, 0.1) is 18.6 Å². The van der Waals surface area contributed by atoms with Crippen LogP contribution in [0.15, 0.2) is 12.5 Å². The molecular formula is C4H7N3O4. The van der Waals surface area contributed by atoms with E-state index in [4.69, 9.17) is 20.4 Å². The van der Waals surface area contributed by atoms with E-state index in [1.807, 2.05) is 0 Å². The fourth-order valence-electron chi connectivity index (χ4n) is 0.377. The van der Waals surface area contributed by atoms with E-state index in [1.54, 1.807) is 6.20 Å². The van der Waals surface area contributed by atoms with E-state index in [2.05, 4.69) is 9.97 Å². The first-order chi connectivity index (χ1) is 5.16. The Kier molecular flexibility index (Phi) is 4.41. The minimum absolute atomic E-state index is 0.0174. The van der Waals surface area contributed by atoms with Gasteiger partial charge >= 0.3 is 0 Å². The topological polar surface area (TPSA) is 112 Å². The lowest BCUT2D eigenvalue weighted by molar-refractivity contribution is -0.742. The minimum Gasteiger partial charge on any atom is -0.390 e. The highest BCUT2D eigenvalue weighted by Crippen LogP contribution is 1.86. The van der Waals surface area contributed by atoms with Gasteiger partial charge in [-0.1, -0.05) is 0 Å². The van der Waals surface area contributed by atoms with Gasteiger partial charge in [0.2, 0.25) is 0 Å². The minimum atomic E-state index is -1.50. The van der Waals surface area contributed by atoms with Crippen molar-refractivity contribution >= 4 is 0 Å². The maximum absolute atomic E-state index is 8.36. The van der Waals surface area contributed by atoms with Crippen molar-refractivity contribution in [3.63, 3.8) is 0 Å². The van der Waals surface area contributed by atoms with E-state index in [-0.39, 0.29) is 6.61 Å². The third-order valence-corrected chi connectivity index (χ3v) is 0.717. The number of aromatic nitrogens is 2. The van der Waals surface area contributed by atoms with Gasteiger partial charge in [0, 0.05) is 6.20 Å².